The summed E-state index contributed by atoms with van der Waals surface area (Å²) >= 11 is 0. The van der Waals surface area contributed by atoms with E-state index < -0.39 is 0 Å². The second-order valence-electron chi connectivity index (χ2n) is 7.41. The van der Waals surface area contributed by atoms with Crippen molar-refractivity contribution >= 4 is 23.0 Å². The first-order chi connectivity index (χ1) is 12.4. The summed E-state index contributed by atoms with van der Waals surface area (Å²) in [5.74, 6) is -0.0223. The van der Waals surface area contributed by atoms with Crippen LogP contribution < -0.4 is 15.1 Å². The van der Waals surface area contributed by atoms with Crippen molar-refractivity contribution in [2.24, 2.45) is 0 Å². The van der Waals surface area contributed by atoms with Gasteiger partial charge in [-0.05, 0) is 57.0 Å². The molecule has 2 aromatic rings. The topological polar surface area (TPSA) is 35.6 Å². The van der Waals surface area contributed by atoms with E-state index in [4.69, 9.17) is 0 Å². The van der Waals surface area contributed by atoms with E-state index in [-0.39, 0.29) is 5.91 Å². The van der Waals surface area contributed by atoms with Gasteiger partial charge in [0, 0.05) is 49.7 Å². The summed E-state index contributed by atoms with van der Waals surface area (Å²) in [4.78, 5) is 16.5. The van der Waals surface area contributed by atoms with Gasteiger partial charge >= 0.3 is 0 Å². The molecule has 0 bridgehead atoms. The quantitative estimate of drug-likeness (QED) is 0.896. The van der Waals surface area contributed by atoms with Crippen LogP contribution in [0.2, 0.25) is 0 Å². The highest BCUT2D eigenvalue weighted by atomic mass is 16.1. The third kappa shape index (κ3) is 3.69. The molecule has 1 amide bonds. The highest BCUT2D eigenvalue weighted by Crippen LogP contribution is 2.32. The van der Waals surface area contributed by atoms with E-state index in [1.54, 1.807) is 6.92 Å². The molecule has 1 heterocycles. The molecule has 3 rings (SSSR count). The molecule has 1 fully saturated rings. The van der Waals surface area contributed by atoms with E-state index in [9.17, 15) is 4.79 Å². The lowest BCUT2D eigenvalue weighted by atomic mass is 10.0. The van der Waals surface area contributed by atoms with Crippen LogP contribution >= 0.6 is 0 Å². The van der Waals surface area contributed by atoms with E-state index in [2.05, 4.69) is 72.3 Å². The standard InChI is InChI=1S/C22H29N3O/c1-15-6-9-20(10-7-15)25-13-12-24(14-17(25)3)21-11-8-16(2)22(18(21)4)23-19(5)26/h6-11,17H,12-14H2,1-5H3,(H,23,26). The second kappa shape index (κ2) is 7.40. The number of carbonyl (C=O) groups excluding carboxylic acids is 1. The summed E-state index contributed by atoms with van der Waals surface area (Å²) < 4.78 is 0. The van der Waals surface area contributed by atoms with Gasteiger partial charge in [0.25, 0.3) is 0 Å². The van der Waals surface area contributed by atoms with E-state index in [0.29, 0.717) is 6.04 Å². The van der Waals surface area contributed by atoms with Crippen molar-refractivity contribution in [2.75, 3.05) is 34.8 Å². The molecule has 0 aromatic heterocycles. The Labute approximate surface area is 156 Å². The number of rotatable bonds is 3. The Bertz CT molecular complexity index is 798. The average molecular weight is 351 g/mol. The summed E-state index contributed by atoms with van der Waals surface area (Å²) in [6, 6.07) is 13.5. The second-order valence-corrected chi connectivity index (χ2v) is 7.41. The van der Waals surface area contributed by atoms with E-state index >= 15 is 0 Å². The molecule has 138 valence electrons. The molecule has 1 N–H and O–H groups in total. The Morgan fingerprint density at radius 2 is 1.73 bits per heavy atom. The van der Waals surface area contributed by atoms with Gasteiger partial charge in [0.2, 0.25) is 5.91 Å². The minimum absolute atomic E-state index is 0.0223. The molecule has 0 radical (unpaired) electrons. The fraction of sp³-hybridized carbons (Fsp3) is 0.409. The number of benzene rings is 2. The summed E-state index contributed by atoms with van der Waals surface area (Å²) in [5, 5.41) is 3.00. The molecule has 0 spiro atoms. The van der Waals surface area contributed by atoms with Crippen molar-refractivity contribution in [3.63, 3.8) is 0 Å². The third-order valence-corrected chi connectivity index (χ3v) is 5.28. The molecular formula is C22H29N3O. The monoisotopic (exact) mass is 351 g/mol. The molecule has 4 heteroatoms. The van der Waals surface area contributed by atoms with Crippen LogP contribution in [-0.4, -0.2) is 31.6 Å². The van der Waals surface area contributed by atoms with Crippen LogP contribution in [0.1, 0.15) is 30.5 Å². The predicted octanol–water partition coefficient (Wildman–Crippen LogP) is 4.29. The van der Waals surface area contributed by atoms with Crippen molar-refractivity contribution in [1.29, 1.82) is 0 Å². The van der Waals surface area contributed by atoms with Gasteiger partial charge in [0.05, 0.1) is 0 Å². The van der Waals surface area contributed by atoms with Gasteiger partial charge in [-0.3, -0.25) is 4.79 Å². The maximum absolute atomic E-state index is 11.5. The number of hydrogen-bond acceptors (Lipinski definition) is 3. The van der Waals surface area contributed by atoms with Crippen LogP contribution in [0.4, 0.5) is 17.1 Å². The summed E-state index contributed by atoms with van der Waals surface area (Å²) in [7, 11) is 0. The molecule has 2 aromatic carbocycles. The zero-order valence-electron chi connectivity index (χ0n) is 16.5. The van der Waals surface area contributed by atoms with Gasteiger partial charge in [-0.15, -0.1) is 0 Å². The highest BCUT2D eigenvalue weighted by molar-refractivity contribution is 5.91. The number of piperazine rings is 1. The lowest BCUT2D eigenvalue weighted by molar-refractivity contribution is -0.114. The Hall–Kier alpha value is -2.49. The zero-order chi connectivity index (χ0) is 18.8. The summed E-state index contributed by atoms with van der Waals surface area (Å²) in [5.41, 5.74) is 7.01. The smallest absolute Gasteiger partial charge is 0.221 e. The fourth-order valence-electron chi connectivity index (χ4n) is 3.84. The first kappa shape index (κ1) is 18.3. The molecule has 4 nitrogen and oxygen atoms in total. The van der Waals surface area contributed by atoms with Crippen LogP contribution in [0, 0.1) is 20.8 Å². The molecule has 1 atom stereocenters. The molecule has 0 saturated carbocycles. The summed E-state index contributed by atoms with van der Waals surface area (Å²) in [6.45, 7) is 13.0. The zero-order valence-corrected chi connectivity index (χ0v) is 16.5. The first-order valence-electron chi connectivity index (χ1n) is 9.33. The van der Waals surface area contributed by atoms with Crippen LogP contribution in [0.5, 0.6) is 0 Å². The number of carbonyl (C=O) groups is 1. The molecule has 1 aliphatic heterocycles. The van der Waals surface area contributed by atoms with Crippen LogP contribution in [0.3, 0.4) is 0 Å². The number of nitrogens with zero attached hydrogens (tertiary/aromatic N) is 2. The Morgan fingerprint density at radius 3 is 2.35 bits per heavy atom. The van der Waals surface area contributed by atoms with E-state index in [1.807, 2.05) is 6.92 Å². The van der Waals surface area contributed by atoms with Crippen LogP contribution in [-0.2, 0) is 4.79 Å². The third-order valence-electron chi connectivity index (χ3n) is 5.28. The van der Waals surface area contributed by atoms with Crippen molar-refractivity contribution in [3.05, 3.63) is 53.1 Å². The Morgan fingerprint density at radius 1 is 1.04 bits per heavy atom. The van der Waals surface area contributed by atoms with Gasteiger partial charge in [-0.1, -0.05) is 23.8 Å². The number of nitrogens with one attached hydrogen (secondary N) is 1. The van der Waals surface area contributed by atoms with Crippen molar-refractivity contribution in [3.8, 4) is 0 Å². The highest BCUT2D eigenvalue weighted by Gasteiger charge is 2.25. The Balaban J connectivity index is 1.80. The maximum Gasteiger partial charge on any atom is 0.221 e. The minimum atomic E-state index is -0.0223. The first-order valence-corrected chi connectivity index (χ1v) is 9.33. The SMILES string of the molecule is CC(=O)Nc1c(C)ccc(N2CCN(c3ccc(C)cc3)C(C)C2)c1C. The van der Waals surface area contributed by atoms with Gasteiger partial charge in [-0.2, -0.15) is 0 Å². The Kier molecular flexibility index (Phi) is 5.21. The number of aryl methyl sites for hydroxylation is 2. The molecule has 0 aliphatic carbocycles. The van der Waals surface area contributed by atoms with Crippen molar-refractivity contribution in [1.82, 2.24) is 0 Å². The van der Waals surface area contributed by atoms with Gasteiger partial charge < -0.3 is 15.1 Å². The lowest BCUT2D eigenvalue weighted by Gasteiger charge is -2.43. The number of anilines is 3. The van der Waals surface area contributed by atoms with E-state index in [1.165, 1.54) is 16.9 Å². The van der Waals surface area contributed by atoms with Crippen molar-refractivity contribution < 1.29 is 4.79 Å². The van der Waals surface area contributed by atoms with E-state index in [0.717, 1.165) is 36.4 Å². The molecule has 1 aliphatic rings. The normalized spacial score (nSPS) is 17.3. The number of hydrogen-bond donors (Lipinski definition) is 1. The fourth-order valence-corrected chi connectivity index (χ4v) is 3.84. The van der Waals surface area contributed by atoms with Gasteiger partial charge in [0.15, 0.2) is 0 Å². The molecule has 26 heavy (non-hydrogen) atoms. The largest absolute Gasteiger partial charge is 0.367 e. The predicted molar refractivity (Wildman–Crippen MR) is 110 cm³/mol. The van der Waals surface area contributed by atoms with Crippen molar-refractivity contribution in [2.45, 2.75) is 40.7 Å². The van der Waals surface area contributed by atoms with Gasteiger partial charge in [0.1, 0.15) is 0 Å². The average Bonchev–Trinajstić information content (AvgIpc) is 2.59. The lowest BCUT2D eigenvalue weighted by Crippen LogP contribution is -2.52. The van der Waals surface area contributed by atoms with Crippen LogP contribution in [0.25, 0.3) is 0 Å². The van der Waals surface area contributed by atoms with Gasteiger partial charge in [-0.25, -0.2) is 0 Å². The number of amides is 1. The molecule has 1 unspecified atom stereocenters. The molecule has 1 saturated heterocycles. The minimum Gasteiger partial charge on any atom is -0.367 e. The molecular weight excluding hydrogens is 322 g/mol. The van der Waals surface area contributed by atoms with Crippen LogP contribution in [0.15, 0.2) is 36.4 Å². The summed E-state index contributed by atoms with van der Waals surface area (Å²) in [6.07, 6.45) is 0. The maximum atomic E-state index is 11.5.